The first-order chi connectivity index (χ1) is 6.33. The maximum absolute atomic E-state index is 11.5. The quantitative estimate of drug-likeness (QED) is 0.690. The van der Waals surface area contributed by atoms with Crippen LogP contribution in [0.1, 0.15) is 20.3 Å². The molecule has 4 nitrogen and oxygen atoms in total. The maximum Gasteiger partial charge on any atom is 0.224 e. The summed E-state index contributed by atoms with van der Waals surface area (Å²) in [6.07, 6.45) is 0.503. The van der Waals surface area contributed by atoms with E-state index < -0.39 is 0 Å². The van der Waals surface area contributed by atoms with E-state index in [-0.39, 0.29) is 17.5 Å². The maximum atomic E-state index is 11.5. The minimum absolute atomic E-state index is 0.0136. The molecule has 14 heavy (non-hydrogen) atoms. The molecule has 82 valence electrons. The summed E-state index contributed by atoms with van der Waals surface area (Å²) in [5.74, 6) is 0.187. The van der Waals surface area contributed by atoms with Crippen LogP contribution < -0.4 is 5.73 Å². The van der Waals surface area contributed by atoms with Crippen LogP contribution in [-0.2, 0) is 4.79 Å². The predicted molar refractivity (Wildman–Crippen MR) is 56.9 cm³/mol. The van der Waals surface area contributed by atoms with Crippen molar-refractivity contribution in [3.8, 4) is 0 Å². The van der Waals surface area contributed by atoms with Crippen molar-refractivity contribution in [1.82, 2.24) is 9.80 Å². The largest absolute Gasteiger partial charge is 0.339 e. The Morgan fingerprint density at radius 1 is 1.57 bits per heavy atom. The van der Waals surface area contributed by atoms with E-state index in [0.29, 0.717) is 13.0 Å². The van der Waals surface area contributed by atoms with E-state index in [2.05, 4.69) is 18.7 Å². The number of likely N-dealkylation sites (tertiary alicyclic amines) is 1. The lowest BCUT2D eigenvalue weighted by atomic mass is 10.0. The third-order valence-corrected chi connectivity index (χ3v) is 3.03. The van der Waals surface area contributed by atoms with Crippen LogP contribution >= 0.6 is 0 Å². The topological polar surface area (TPSA) is 49.6 Å². The Morgan fingerprint density at radius 2 is 2.14 bits per heavy atom. The van der Waals surface area contributed by atoms with Crippen molar-refractivity contribution >= 4 is 5.91 Å². The Balaban J connectivity index is 2.56. The summed E-state index contributed by atoms with van der Waals surface area (Å²) >= 11 is 0. The molecular weight excluding hydrogens is 178 g/mol. The van der Waals surface area contributed by atoms with Crippen LogP contribution in [0.4, 0.5) is 0 Å². The van der Waals surface area contributed by atoms with Gasteiger partial charge in [0.25, 0.3) is 0 Å². The van der Waals surface area contributed by atoms with E-state index in [1.807, 2.05) is 19.0 Å². The average Bonchev–Trinajstić information content (AvgIpc) is 2.29. The van der Waals surface area contributed by atoms with Gasteiger partial charge in [0.15, 0.2) is 0 Å². The van der Waals surface area contributed by atoms with Crippen LogP contribution in [-0.4, -0.2) is 54.5 Å². The third kappa shape index (κ3) is 2.45. The fourth-order valence-corrected chi connectivity index (χ4v) is 1.56. The normalized spacial score (nSPS) is 23.7. The first-order valence-electron chi connectivity index (χ1n) is 5.04. The van der Waals surface area contributed by atoms with Gasteiger partial charge in [0.1, 0.15) is 0 Å². The van der Waals surface area contributed by atoms with Gasteiger partial charge in [0, 0.05) is 31.1 Å². The molecule has 1 aliphatic rings. The van der Waals surface area contributed by atoms with Crippen LogP contribution in [0.15, 0.2) is 0 Å². The molecule has 1 amide bonds. The number of hydrogen-bond acceptors (Lipinski definition) is 3. The lowest BCUT2D eigenvalue weighted by Gasteiger charge is -2.36. The van der Waals surface area contributed by atoms with Gasteiger partial charge in [-0.2, -0.15) is 0 Å². The summed E-state index contributed by atoms with van der Waals surface area (Å²) in [6, 6.07) is 0.0282. The van der Waals surface area contributed by atoms with E-state index in [9.17, 15) is 4.79 Å². The highest BCUT2D eigenvalue weighted by molar-refractivity contribution is 5.79. The number of likely N-dealkylation sites (N-methyl/N-ethyl adjacent to an activating group) is 1. The summed E-state index contributed by atoms with van der Waals surface area (Å²) in [4.78, 5) is 15.5. The molecule has 4 heteroatoms. The number of nitrogens with two attached hydrogens (primary N) is 1. The molecule has 0 bridgehead atoms. The molecule has 1 fully saturated rings. The van der Waals surface area contributed by atoms with E-state index in [1.165, 1.54) is 0 Å². The highest BCUT2D eigenvalue weighted by Crippen LogP contribution is 2.17. The van der Waals surface area contributed by atoms with Gasteiger partial charge < -0.3 is 15.5 Å². The Hall–Kier alpha value is -0.610. The van der Waals surface area contributed by atoms with E-state index in [0.717, 1.165) is 6.54 Å². The van der Waals surface area contributed by atoms with Gasteiger partial charge in [0.2, 0.25) is 5.91 Å². The van der Waals surface area contributed by atoms with Crippen molar-refractivity contribution in [2.45, 2.75) is 31.8 Å². The average molecular weight is 199 g/mol. The molecule has 0 aromatic heterocycles. The Morgan fingerprint density at radius 3 is 2.50 bits per heavy atom. The Bertz CT molecular complexity index is 225. The number of amides is 1. The molecule has 0 aromatic rings. The molecular formula is C10H21N3O. The van der Waals surface area contributed by atoms with E-state index >= 15 is 0 Å². The number of hydrogen-bond donors (Lipinski definition) is 1. The molecule has 1 heterocycles. The first kappa shape index (κ1) is 11.5. The fraction of sp³-hybridized carbons (Fsp3) is 0.900. The summed E-state index contributed by atoms with van der Waals surface area (Å²) in [6.45, 7) is 5.72. The molecule has 0 saturated carbocycles. The number of nitrogens with zero attached hydrogens (tertiary/aromatic N) is 2. The van der Waals surface area contributed by atoms with Gasteiger partial charge in [-0.3, -0.25) is 4.79 Å². The number of carbonyl (C=O) groups is 1. The zero-order valence-corrected chi connectivity index (χ0v) is 9.58. The second kappa shape index (κ2) is 3.87. The lowest BCUT2D eigenvalue weighted by molar-refractivity contribution is -0.129. The van der Waals surface area contributed by atoms with Crippen LogP contribution in [0.25, 0.3) is 0 Å². The third-order valence-electron chi connectivity index (χ3n) is 3.03. The van der Waals surface area contributed by atoms with Crippen molar-refractivity contribution in [2.75, 3.05) is 27.2 Å². The molecule has 0 aliphatic carbocycles. The van der Waals surface area contributed by atoms with Crippen LogP contribution in [0.5, 0.6) is 0 Å². The fourth-order valence-electron chi connectivity index (χ4n) is 1.56. The summed E-state index contributed by atoms with van der Waals surface area (Å²) in [7, 11) is 4.06. The van der Waals surface area contributed by atoms with E-state index in [4.69, 9.17) is 5.73 Å². The SMILES string of the molecule is CN(C)C(C)(C)CN1CC(N)CC1=O. The predicted octanol–water partition coefficient (Wildman–Crippen LogP) is -0.114. The molecule has 1 atom stereocenters. The lowest BCUT2D eigenvalue weighted by Crippen LogP contribution is -2.49. The summed E-state index contributed by atoms with van der Waals surface area (Å²) in [5, 5.41) is 0. The monoisotopic (exact) mass is 199 g/mol. The van der Waals surface area contributed by atoms with Crippen LogP contribution in [0.3, 0.4) is 0 Å². The Kier molecular flexibility index (Phi) is 3.17. The second-order valence-corrected chi connectivity index (χ2v) is 4.95. The zero-order valence-electron chi connectivity index (χ0n) is 9.58. The summed E-state index contributed by atoms with van der Waals surface area (Å²) in [5.41, 5.74) is 5.75. The van der Waals surface area contributed by atoms with Gasteiger partial charge in [-0.25, -0.2) is 0 Å². The summed E-state index contributed by atoms with van der Waals surface area (Å²) < 4.78 is 0. The van der Waals surface area contributed by atoms with Crippen LogP contribution in [0, 0.1) is 0 Å². The molecule has 0 aromatic carbocycles. The van der Waals surface area contributed by atoms with Crippen LogP contribution in [0.2, 0.25) is 0 Å². The van der Waals surface area contributed by atoms with Crippen molar-refractivity contribution in [3.63, 3.8) is 0 Å². The molecule has 1 rings (SSSR count). The molecule has 1 aliphatic heterocycles. The smallest absolute Gasteiger partial charge is 0.224 e. The minimum Gasteiger partial charge on any atom is -0.339 e. The van der Waals surface area contributed by atoms with Gasteiger partial charge >= 0.3 is 0 Å². The Labute approximate surface area is 86.0 Å². The van der Waals surface area contributed by atoms with Gasteiger partial charge in [-0.1, -0.05) is 0 Å². The van der Waals surface area contributed by atoms with Crippen molar-refractivity contribution < 1.29 is 4.79 Å². The van der Waals surface area contributed by atoms with Crippen molar-refractivity contribution in [3.05, 3.63) is 0 Å². The standard InChI is InChI=1S/C10H21N3O/c1-10(2,12(3)4)7-13-6-8(11)5-9(13)14/h8H,5-7,11H2,1-4H3. The molecule has 0 spiro atoms. The first-order valence-corrected chi connectivity index (χ1v) is 5.04. The van der Waals surface area contributed by atoms with Gasteiger partial charge in [0.05, 0.1) is 0 Å². The zero-order chi connectivity index (χ0) is 10.9. The molecule has 0 radical (unpaired) electrons. The van der Waals surface area contributed by atoms with Crippen molar-refractivity contribution in [2.24, 2.45) is 5.73 Å². The highest BCUT2D eigenvalue weighted by atomic mass is 16.2. The second-order valence-electron chi connectivity index (χ2n) is 4.95. The highest BCUT2D eigenvalue weighted by Gasteiger charge is 2.32. The molecule has 2 N–H and O–H groups in total. The molecule has 1 unspecified atom stereocenters. The van der Waals surface area contributed by atoms with Crippen molar-refractivity contribution in [1.29, 1.82) is 0 Å². The van der Waals surface area contributed by atoms with Gasteiger partial charge in [-0.05, 0) is 27.9 Å². The molecule has 1 saturated heterocycles. The minimum atomic E-state index is 0.0136. The number of carbonyl (C=O) groups excluding carboxylic acids is 1. The van der Waals surface area contributed by atoms with E-state index in [1.54, 1.807) is 0 Å². The van der Waals surface area contributed by atoms with Gasteiger partial charge in [-0.15, -0.1) is 0 Å². The number of rotatable bonds is 3.